The molecule has 0 radical (unpaired) electrons. The summed E-state index contributed by atoms with van der Waals surface area (Å²) in [7, 11) is 0. The van der Waals surface area contributed by atoms with Crippen molar-refractivity contribution in [3.05, 3.63) is 69.2 Å². The van der Waals surface area contributed by atoms with Crippen LogP contribution in [0.15, 0.2) is 42.5 Å². The van der Waals surface area contributed by atoms with Gasteiger partial charge in [0.2, 0.25) is 0 Å². The molecule has 2 aromatic carbocycles. The number of rotatable bonds is 3. The maximum atomic E-state index is 6.18. The Morgan fingerprint density at radius 3 is 2.56 bits per heavy atom. The molecule has 18 heavy (non-hydrogen) atoms. The van der Waals surface area contributed by atoms with E-state index < -0.39 is 0 Å². The second-order valence-corrected chi connectivity index (χ2v) is 6.21. The molecule has 0 spiro atoms. The predicted molar refractivity (Wildman–Crippen MR) is 83.0 cm³/mol. The SMILES string of the molecule is Cc1ccc(Cl)cc1C(Br)Cc1ccccc1Cl. The highest BCUT2D eigenvalue weighted by Crippen LogP contribution is 2.33. The van der Waals surface area contributed by atoms with Gasteiger partial charge in [-0.2, -0.15) is 0 Å². The molecule has 2 rings (SSSR count). The smallest absolute Gasteiger partial charge is 0.0439 e. The van der Waals surface area contributed by atoms with Gasteiger partial charge in [0.15, 0.2) is 0 Å². The van der Waals surface area contributed by atoms with Crippen molar-refractivity contribution in [3.63, 3.8) is 0 Å². The van der Waals surface area contributed by atoms with Gasteiger partial charge in [0.05, 0.1) is 0 Å². The van der Waals surface area contributed by atoms with Crippen LogP contribution in [0.5, 0.6) is 0 Å². The lowest BCUT2D eigenvalue weighted by Gasteiger charge is -2.14. The first-order valence-corrected chi connectivity index (χ1v) is 7.38. The van der Waals surface area contributed by atoms with E-state index in [4.69, 9.17) is 23.2 Å². The molecule has 0 aliphatic rings. The van der Waals surface area contributed by atoms with Crippen LogP contribution in [0.3, 0.4) is 0 Å². The van der Waals surface area contributed by atoms with Gasteiger partial charge in [0, 0.05) is 14.9 Å². The predicted octanol–water partition coefficient (Wildman–Crippen LogP) is 5.98. The third-order valence-corrected chi connectivity index (χ3v) is 4.36. The number of hydrogen-bond donors (Lipinski definition) is 0. The first kappa shape index (κ1) is 13.9. The first-order valence-electron chi connectivity index (χ1n) is 5.71. The molecule has 3 heteroatoms. The van der Waals surface area contributed by atoms with Crippen LogP contribution in [-0.2, 0) is 6.42 Å². The largest absolute Gasteiger partial charge is 0.0843 e. The van der Waals surface area contributed by atoms with Gasteiger partial charge in [0.1, 0.15) is 0 Å². The van der Waals surface area contributed by atoms with Crippen LogP contribution >= 0.6 is 39.1 Å². The van der Waals surface area contributed by atoms with Gasteiger partial charge in [-0.25, -0.2) is 0 Å². The lowest BCUT2D eigenvalue weighted by molar-refractivity contribution is 0.938. The van der Waals surface area contributed by atoms with Gasteiger partial charge in [-0.05, 0) is 48.2 Å². The van der Waals surface area contributed by atoms with Crippen LogP contribution in [0.25, 0.3) is 0 Å². The van der Waals surface area contributed by atoms with Gasteiger partial charge in [-0.3, -0.25) is 0 Å². The fourth-order valence-corrected chi connectivity index (χ4v) is 3.15. The summed E-state index contributed by atoms with van der Waals surface area (Å²) in [5, 5.41) is 1.57. The lowest BCUT2D eigenvalue weighted by Crippen LogP contribution is -1.98. The van der Waals surface area contributed by atoms with Crippen molar-refractivity contribution in [1.82, 2.24) is 0 Å². The number of benzene rings is 2. The van der Waals surface area contributed by atoms with Crippen LogP contribution in [0.2, 0.25) is 10.0 Å². The fraction of sp³-hybridized carbons (Fsp3) is 0.200. The molecule has 0 aliphatic heterocycles. The molecule has 0 N–H and O–H groups in total. The summed E-state index contributed by atoms with van der Waals surface area (Å²) in [6.07, 6.45) is 0.848. The highest BCUT2D eigenvalue weighted by molar-refractivity contribution is 9.09. The summed E-state index contributed by atoms with van der Waals surface area (Å²) in [5.41, 5.74) is 3.58. The van der Waals surface area contributed by atoms with Crippen LogP contribution in [0.1, 0.15) is 21.5 Å². The monoisotopic (exact) mass is 342 g/mol. The Hall–Kier alpha value is -0.500. The van der Waals surface area contributed by atoms with Crippen LogP contribution < -0.4 is 0 Å². The number of alkyl halides is 1. The van der Waals surface area contributed by atoms with Gasteiger partial charge in [-0.1, -0.05) is 63.4 Å². The Morgan fingerprint density at radius 2 is 1.83 bits per heavy atom. The second kappa shape index (κ2) is 6.10. The molecule has 0 nitrogen and oxygen atoms in total. The number of halogens is 3. The van der Waals surface area contributed by atoms with Gasteiger partial charge < -0.3 is 0 Å². The van der Waals surface area contributed by atoms with E-state index in [1.807, 2.05) is 36.4 Å². The Bertz CT molecular complexity index is 552. The number of aryl methyl sites for hydroxylation is 1. The number of hydrogen-bond acceptors (Lipinski definition) is 0. The Kier molecular flexibility index (Phi) is 4.71. The summed E-state index contributed by atoms with van der Waals surface area (Å²) in [6, 6.07) is 13.9. The van der Waals surface area contributed by atoms with Crippen molar-refractivity contribution < 1.29 is 0 Å². The molecule has 0 saturated heterocycles. The van der Waals surface area contributed by atoms with E-state index in [0.717, 1.165) is 22.0 Å². The van der Waals surface area contributed by atoms with E-state index in [1.54, 1.807) is 0 Å². The highest BCUT2D eigenvalue weighted by Gasteiger charge is 2.13. The lowest BCUT2D eigenvalue weighted by atomic mass is 10.0. The van der Waals surface area contributed by atoms with E-state index >= 15 is 0 Å². The zero-order valence-corrected chi connectivity index (χ0v) is 13.1. The average molecular weight is 344 g/mol. The third-order valence-electron chi connectivity index (χ3n) is 2.94. The van der Waals surface area contributed by atoms with E-state index in [1.165, 1.54) is 11.1 Å². The maximum Gasteiger partial charge on any atom is 0.0439 e. The van der Waals surface area contributed by atoms with Gasteiger partial charge >= 0.3 is 0 Å². The minimum atomic E-state index is 0.219. The molecule has 2 aromatic rings. The zero-order valence-electron chi connectivity index (χ0n) is 9.96. The van der Waals surface area contributed by atoms with Crippen molar-refractivity contribution in [1.29, 1.82) is 0 Å². The van der Waals surface area contributed by atoms with Gasteiger partial charge in [0.25, 0.3) is 0 Å². The Balaban J connectivity index is 2.25. The Morgan fingerprint density at radius 1 is 1.11 bits per heavy atom. The Labute approximate surface area is 126 Å². The van der Waals surface area contributed by atoms with Crippen molar-refractivity contribution in [2.75, 3.05) is 0 Å². The minimum absolute atomic E-state index is 0.219. The topological polar surface area (TPSA) is 0 Å². The molecule has 94 valence electrons. The first-order chi connectivity index (χ1) is 8.58. The average Bonchev–Trinajstić information content (AvgIpc) is 2.35. The van der Waals surface area contributed by atoms with Crippen molar-refractivity contribution in [2.45, 2.75) is 18.2 Å². The van der Waals surface area contributed by atoms with Crippen LogP contribution in [-0.4, -0.2) is 0 Å². The molecule has 0 aliphatic carbocycles. The molecule has 1 unspecified atom stereocenters. The quantitative estimate of drug-likeness (QED) is 0.601. The zero-order chi connectivity index (χ0) is 13.1. The van der Waals surface area contributed by atoms with Gasteiger partial charge in [-0.15, -0.1) is 0 Å². The molecule has 0 amide bonds. The summed E-state index contributed by atoms with van der Waals surface area (Å²) in [4.78, 5) is 0.219. The van der Waals surface area contributed by atoms with Crippen molar-refractivity contribution in [3.8, 4) is 0 Å². The molecule has 1 atom stereocenters. The summed E-state index contributed by atoms with van der Waals surface area (Å²) in [5.74, 6) is 0. The van der Waals surface area contributed by atoms with E-state index in [2.05, 4.69) is 28.9 Å². The third kappa shape index (κ3) is 3.28. The van der Waals surface area contributed by atoms with E-state index in [0.29, 0.717) is 0 Å². The molecule has 0 saturated carbocycles. The highest BCUT2D eigenvalue weighted by atomic mass is 79.9. The molecule has 0 bridgehead atoms. The van der Waals surface area contributed by atoms with Crippen LogP contribution in [0, 0.1) is 6.92 Å². The summed E-state index contributed by atoms with van der Waals surface area (Å²) < 4.78 is 0. The fourth-order valence-electron chi connectivity index (χ4n) is 1.92. The van der Waals surface area contributed by atoms with Crippen molar-refractivity contribution in [2.24, 2.45) is 0 Å². The maximum absolute atomic E-state index is 6.18. The normalized spacial score (nSPS) is 12.4. The van der Waals surface area contributed by atoms with E-state index in [9.17, 15) is 0 Å². The van der Waals surface area contributed by atoms with Crippen molar-refractivity contribution >= 4 is 39.1 Å². The summed E-state index contributed by atoms with van der Waals surface area (Å²) >= 11 is 16.0. The van der Waals surface area contributed by atoms with E-state index in [-0.39, 0.29) is 4.83 Å². The summed E-state index contributed by atoms with van der Waals surface area (Å²) in [6.45, 7) is 2.09. The molecular formula is C15H13BrCl2. The molecule has 0 aromatic heterocycles. The standard InChI is InChI=1S/C15H13BrCl2/c1-10-6-7-12(17)9-13(10)14(16)8-11-4-2-3-5-15(11)18/h2-7,9,14H,8H2,1H3. The molecular weight excluding hydrogens is 331 g/mol. The molecule has 0 fully saturated rings. The molecule has 0 heterocycles. The second-order valence-electron chi connectivity index (χ2n) is 4.26. The van der Waals surface area contributed by atoms with Crippen LogP contribution in [0.4, 0.5) is 0 Å². The minimum Gasteiger partial charge on any atom is -0.0843 e.